The van der Waals surface area contributed by atoms with Crippen LogP contribution in [0.25, 0.3) is 5.70 Å². The predicted octanol–water partition coefficient (Wildman–Crippen LogP) is 3.56. The number of hydrogen-bond acceptors (Lipinski definition) is 2. The summed E-state index contributed by atoms with van der Waals surface area (Å²) in [5.41, 5.74) is 3.55. The first-order chi connectivity index (χ1) is 9.10. The van der Waals surface area contributed by atoms with E-state index in [1.807, 2.05) is 38.2 Å². The number of nitrogens with zero attached hydrogens (tertiary/aromatic N) is 1. The minimum absolute atomic E-state index is 0.883. The van der Waals surface area contributed by atoms with Gasteiger partial charge in [0.1, 0.15) is 0 Å². The SMILES string of the molecule is C=C/C(CN(C)C)=C(/NC)c1ccccc1.C=CC. The van der Waals surface area contributed by atoms with Crippen molar-refractivity contribution < 1.29 is 0 Å². The van der Waals surface area contributed by atoms with Gasteiger partial charge in [-0.25, -0.2) is 0 Å². The number of hydrogen-bond donors (Lipinski definition) is 1. The predicted molar refractivity (Wildman–Crippen MR) is 87.0 cm³/mol. The van der Waals surface area contributed by atoms with Gasteiger partial charge in [-0.05, 0) is 32.2 Å². The molecule has 0 amide bonds. The van der Waals surface area contributed by atoms with E-state index in [0.717, 1.165) is 12.2 Å². The maximum atomic E-state index is 3.88. The quantitative estimate of drug-likeness (QED) is 0.642. The molecule has 1 aromatic carbocycles. The van der Waals surface area contributed by atoms with Crippen LogP contribution in [0.15, 0.2) is 61.2 Å². The zero-order chi connectivity index (χ0) is 14.7. The number of nitrogens with one attached hydrogen (secondary N) is 1. The van der Waals surface area contributed by atoms with E-state index in [-0.39, 0.29) is 0 Å². The maximum Gasteiger partial charge on any atom is 0.0456 e. The summed E-state index contributed by atoms with van der Waals surface area (Å²) in [7, 11) is 6.06. The van der Waals surface area contributed by atoms with Crippen LogP contribution in [-0.4, -0.2) is 32.6 Å². The molecule has 104 valence electrons. The van der Waals surface area contributed by atoms with E-state index in [1.165, 1.54) is 11.1 Å². The van der Waals surface area contributed by atoms with Crippen molar-refractivity contribution in [3.8, 4) is 0 Å². The Balaban J connectivity index is 0.000000982. The molecule has 0 saturated carbocycles. The molecule has 0 aromatic heterocycles. The molecule has 19 heavy (non-hydrogen) atoms. The molecule has 1 aromatic rings. The zero-order valence-corrected chi connectivity index (χ0v) is 12.6. The fourth-order valence-corrected chi connectivity index (χ4v) is 1.68. The van der Waals surface area contributed by atoms with Gasteiger partial charge in [0.25, 0.3) is 0 Å². The van der Waals surface area contributed by atoms with Crippen LogP contribution < -0.4 is 5.32 Å². The van der Waals surface area contributed by atoms with Crippen LogP contribution in [-0.2, 0) is 0 Å². The molecule has 1 rings (SSSR count). The molecule has 0 aliphatic rings. The topological polar surface area (TPSA) is 15.3 Å². The molecular formula is C17H26N2. The van der Waals surface area contributed by atoms with Crippen LogP contribution in [0.5, 0.6) is 0 Å². The van der Waals surface area contributed by atoms with Crippen LogP contribution in [0, 0.1) is 0 Å². The van der Waals surface area contributed by atoms with Crippen LogP contribution >= 0.6 is 0 Å². The van der Waals surface area contributed by atoms with Crippen molar-refractivity contribution in [1.29, 1.82) is 0 Å². The van der Waals surface area contributed by atoms with Gasteiger partial charge in [-0.15, -0.1) is 6.58 Å². The Labute approximate surface area is 118 Å². The third kappa shape index (κ3) is 6.63. The Morgan fingerprint density at radius 1 is 1.21 bits per heavy atom. The molecule has 1 N–H and O–H groups in total. The standard InChI is InChI=1S/C14H20N2.C3H6/c1-5-12(11-16(3)4)14(15-2)13-9-7-6-8-10-13;1-3-2/h5-10,15H,1,11H2,2-4H3;3H,1H2,2H3/b14-12-;. The van der Waals surface area contributed by atoms with E-state index in [9.17, 15) is 0 Å². The van der Waals surface area contributed by atoms with Gasteiger partial charge in [0, 0.05) is 19.3 Å². The summed E-state index contributed by atoms with van der Waals surface area (Å²) in [6.07, 6.45) is 3.67. The van der Waals surface area contributed by atoms with Gasteiger partial charge in [-0.3, -0.25) is 0 Å². The minimum Gasteiger partial charge on any atom is -0.387 e. The lowest BCUT2D eigenvalue weighted by molar-refractivity contribution is 0.449. The lowest BCUT2D eigenvalue weighted by atomic mass is 10.1. The third-order valence-corrected chi connectivity index (χ3v) is 2.37. The smallest absolute Gasteiger partial charge is 0.0456 e. The van der Waals surface area contributed by atoms with Crippen LogP contribution in [0.1, 0.15) is 12.5 Å². The lowest BCUT2D eigenvalue weighted by Crippen LogP contribution is -2.18. The molecule has 0 spiro atoms. The van der Waals surface area contributed by atoms with Crippen molar-refractivity contribution in [3.05, 3.63) is 66.8 Å². The minimum atomic E-state index is 0.883. The van der Waals surface area contributed by atoms with Gasteiger partial charge in [0.2, 0.25) is 0 Å². The highest BCUT2D eigenvalue weighted by Gasteiger charge is 2.05. The van der Waals surface area contributed by atoms with Gasteiger partial charge in [-0.2, -0.15) is 0 Å². The second-order valence-electron chi connectivity index (χ2n) is 4.37. The molecule has 0 heterocycles. The van der Waals surface area contributed by atoms with Gasteiger partial charge < -0.3 is 10.2 Å². The van der Waals surface area contributed by atoms with Gasteiger partial charge in [-0.1, -0.05) is 49.1 Å². The first-order valence-corrected chi connectivity index (χ1v) is 6.41. The lowest BCUT2D eigenvalue weighted by Gasteiger charge is -2.16. The summed E-state index contributed by atoms with van der Waals surface area (Å²) in [6, 6.07) is 10.3. The van der Waals surface area contributed by atoms with Crippen LogP contribution in [0.3, 0.4) is 0 Å². The van der Waals surface area contributed by atoms with Crippen LogP contribution in [0.2, 0.25) is 0 Å². The summed E-state index contributed by atoms with van der Waals surface area (Å²) < 4.78 is 0. The Kier molecular flexibility index (Phi) is 9.19. The molecule has 0 aliphatic heterocycles. The molecular weight excluding hydrogens is 232 g/mol. The largest absolute Gasteiger partial charge is 0.387 e. The first-order valence-electron chi connectivity index (χ1n) is 6.41. The van der Waals surface area contributed by atoms with Crippen molar-refractivity contribution in [1.82, 2.24) is 10.2 Å². The van der Waals surface area contributed by atoms with Gasteiger partial charge in [0.05, 0.1) is 0 Å². The van der Waals surface area contributed by atoms with E-state index in [4.69, 9.17) is 0 Å². The van der Waals surface area contributed by atoms with Crippen LogP contribution in [0.4, 0.5) is 0 Å². The Bertz CT molecular complexity index is 403. The van der Waals surface area contributed by atoms with Crippen molar-refractivity contribution in [3.63, 3.8) is 0 Å². The number of rotatable bonds is 5. The summed E-state index contributed by atoms with van der Waals surface area (Å²) in [5, 5.41) is 3.26. The van der Waals surface area contributed by atoms with E-state index in [0.29, 0.717) is 0 Å². The Hall–Kier alpha value is -1.80. The number of benzene rings is 1. The molecule has 0 fully saturated rings. The highest BCUT2D eigenvalue weighted by Crippen LogP contribution is 2.16. The number of likely N-dealkylation sites (N-methyl/N-ethyl adjacent to an activating group) is 1. The monoisotopic (exact) mass is 258 g/mol. The van der Waals surface area contributed by atoms with E-state index >= 15 is 0 Å². The van der Waals surface area contributed by atoms with E-state index in [1.54, 1.807) is 6.08 Å². The Morgan fingerprint density at radius 2 is 1.74 bits per heavy atom. The molecule has 0 saturated heterocycles. The number of allylic oxidation sites excluding steroid dienone is 1. The highest BCUT2D eigenvalue weighted by molar-refractivity contribution is 5.69. The first kappa shape index (κ1) is 17.2. The molecule has 0 unspecified atom stereocenters. The van der Waals surface area contributed by atoms with Crippen molar-refractivity contribution in [2.75, 3.05) is 27.7 Å². The average Bonchev–Trinajstić information content (AvgIpc) is 2.40. The fraction of sp³-hybridized carbons (Fsp3) is 0.294. The molecule has 0 atom stereocenters. The van der Waals surface area contributed by atoms with Crippen molar-refractivity contribution in [2.45, 2.75) is 6.92 Å². The molecule has 0 aliphatic carbocycles. The van der Waals surface area contributed by atoms with E-state index in [2.05, 4.69) is 49.6 Å². The summed E-state index contributed by atoms with van der Waals surface area (Å²) >= 11 is 0. The summed E-state index contributed by atoms with van der Waals surface area (Å²) in [4.78, 5) is 2.14. The van der Waals surface area contributed by atoms with Crippen molar-refractivity contribution in [2.24, 2.45) is 0 Å². The highest BCUT2D eigenvalue weighted by atomic mass is 15.1. The molecule has 0 radical (unpaired) electrons. The Morgan fingerprint density at radius 3 is 2.11 bits per heavy atom. The van der Waals surface area contributed by atoms with Crippen molar-refractivity contribution >= 4 is 5.70 Å². The zero-order valence-electron chi connectivity index (χ0n) is 12.6. The second kappa shape index (κ2) is 10.2. The van der Waals surface area contributed by atoms with E-state index < -0.39 is 0 Å². The molecule has 0 bridgehead atoms. The van der Waals surface area contributed by atoms with Gasteiger partial charge in [0.15, 0.2) is 0 Å². The molecule has 2 heteroatoms. The maximum absolute atomic E-state index is 3.88. The molecule has 2 nitrogen and oxygen atoms in total. The fourth-order valence-electron chi connectivity index (χ4n) is 1.68. The average molecular weight is 258 g/mol. The van der Waals surface area contributed by atoms with Gasteiger partial charge >= 0.3 is 0 Å². The summed E-state index contributed by atoms with van der Waals surface area (Å²) in [6.45, 7) is 10.0. The summed E-state index contributed by atoms with van der Waals surface area (Å²) in [5.74, 6) is 0. The second-order valence-corrected chi connectivity index (χ2v) is 4.37. The third-order valence-electron chi connectivity index (χ3n) is 2.37. The normalized spacial score (nSPS) is 11.0.